The molecule has 0 atom stereocenters. The van der Waals surface area contributed by atoms with Crippen LogP contribution in [0, 0.1) is 0 Å². The van der Waals surface area contributed by atoms with Crippen molar-refractivity contribution in [3.8, 4) is 0 Å². The molecule has 110 valence electrons. The fourth-order valence-electron chi connectivity index (χ4n) is 2.06. The van der Waals surface area contributed by atoms with Crippen molar-refractivity contribution >= 4 is 19.4 Å². The van der Waals surface area contributed by atoms with Crippen LogP contribution < -0.4 is 10.5 Å². The lowest BCUT2D eigenvalue weighted by molar-refractivity contribution is 0.221. The number of carbonyl (C=O) groups is 1. The second-order valence-corrected chi connectivity index (χ2v) is 10.1. The van der Waals surface area contributed by atoms with E-state index in [0.717, 1.165) is 25.7 Å². The summed E-state index contributed by atoms with van der Waals surface area (Å²) in [6.07, 6.45) is 2.46. The smallest absolute Gasteiger partial charge is 0.328 e. The van der Waals surface area contributed by atoms with Gasteiger partial charge in [-0.25, -0.2) is 4.79 Å². The van der Waals surface area contributed by atoms with E-state index in [0.29, 0.717) is 6.54 Å². The van der Waals surface area contributed by atoms with Gasteiger partial charge in [-0.05, 0) is 24.8 Å². The van der Waals surface area contributed by atoms with E-state index >= 15 is 0 Å². The van der Waals surface area contributed by atoms with E-state index in [9.17, 15) is 9.18 Å². The third-order valence-electron chi connectivity index (χ3n) is 3.59. The summed E-state index contributed by atoms with van der Waals surface area (Å²) in [5.74, 6) is 0. The molecule has 1 rings (SSSR count). The molecular weight excluding hydrogens is 269 g/mol. The molecule has 0 heterocycles. The van der Waals surface area contributed by atoms with Gasteiger partial charge in [0.2, 0.25) is 0 Å². The Kier molecular flexibility index (Phi) is 6.65. The molecule has 0 aliphatic carbocycles. The first-order valence-corrected chi connectivity index (χ1v) is 10.2. The molecule has 0 saturated heterocycles. The summed E-state index contributed by atoms with van der Waals surface area (Å²) in [7, 11) is -1.48. The number of hydrogen-bond acceptors (Lipinski definition) is 1. The maximum atomic E-state index is 11.9. The molecule has 0 saturated carbocycles. The number of halogens is 1. The van der Waals surface area contributed by atoms with Crippen LogP contribution in [0.1, 0.15) is 24.8 Å². The van der Waals surface area contributed by atoms with E-state index in [1.807, 2.05) is 0 Å². The molecule has 0 bridgehead atoms. The van der Waals surface area contributed by atoms with Gasteiger partial charge in [-0.1, -0.05) is 54.7 Å². The third-order valence-corrected chi connectivity index (χ3v) is 6.41. The fourth-order valence-corrected chi connectivity index (χ4v) is 3.38. The summed E-state index contributed by atoms with van der Waals surface area (Å²) in [5.41, 5.74) is 3.45. The van der Waals surface area contributed by atoms with Crippen LogP contribution >= 0.6 is 0 Å². The van der Waals surface area contributed by atoms with E-state index in [4.69, 9.17) is 0 Å². The van der Waals surface area contributed by atoms with Crippen LogP contribution in [-0.2, 0) is 6.42 Å². The first-order valence-electron chi connectivity index (χ1n) is 7.12. The van der Waals surface area contributed by atoms with E-state index in [1.165, 1.54) is 10.8 Å². The van der Waals surface area contributed by atoms with Crippen LogP contribution in [0.2, 0.25) is 13.1 Å². The van der Waals surface area contributed by atoms with Gasteiger partial charge >= 0.3 is 6.16 Å². The van der Waals surface area contributed by atoms with Gasteiger partial charge in [0.25, 0.3) is 0 Å². The summed E-state index contributed by atoms with van der Waals surface area (Å²) < 4.78 is 11.9. The largest absolute Gasteiger partial charge is 0.397 e. The Hall–Kier alpha value is -1.42. The molecule has 0 unspecified atom stereocenters. The number of unbranched alkanes of at least 4 members (excludes halogenated alkanes) is 2. The van der Waals surface area contributed by atoms with Gasteiger partial charge in [-0.2, -0.15) is 0 Å². The van der Waals surface area contributed by atoms with Crippen molar-refractivity contribution in [3.05, 3.63) is 42.1 Å². The number of nitrogens with one attached hydrogen (secondary N) is 1. The number of hydrogen-bond donors (Lipinski definition) is 1. The molecule has 0 fully saturated rings. The van der Waals surface area contributed by atoms with Gasteiger partial charge in [0, 0.05) is 6.54 Å². The minimum atomic E-state index is -1.48. The Morgan fingerprint density at radius 2 is 2.10 bits per heavy atom. The standard InChI is InChI=1S/C16H24FNOSi/c1-4-20(2,3)15-11-8-10-14(13-15)9-6-5-7-12-18-16(17)19/h4,8,10-11,13H,1,5-7,9,12H2,2-3H3,(H,18,19). The lowest BCUT2D eigenvalue weighted by Gasteiger charge is -2.18. The molecule has 0 spiro atoms. The maximum absolute atomic E-state index is 11.9. The van der Waals surface area contributed by atoms with Crippen LogP contribution in [0.25, 0.3) is 0 Å². The number of benzene rings is 1. The minimum Gasteiger partial charge on any atom is -0.328 e. The SMILES string of the molecule is C=C[Si](C)(C)c1cccc(CCCCCNC(=O)F)c1. The number of rotatable bonds is 8. The molecular formula is C16H24FNOSi. The first-order chi connectivity index (χ1) is 9.45. The van der Waals surface area contributed by atoms with Crippen LogP contribution in [0.5, 0.6) is 0 Å². The molecule has 1 aromatic rings. The molecule has 0 aliphatic heterocycles. The molecule has 0 aromatic heterocycles. The van der Waals surface area contributed by atoms with Crippen molar-refractivity contribution in [3.63, 3.8) is 0 Å². The summed E-state index contributed by atoms with van der Waals surface area (Å²) in [5, 5.41) is 3.58. The molecule has 2 nitrogen and oxygen atoms in total. The summed E-state index contributed by atoms with van der Waals surface area (Å²) >= 11 is 0. The van der Waals surface area contributed by atoms with E-state index in [1.54, 1.807) is 0 Å². The molecule has 0 radical (unpaired) electrons. The Morgan fingerprint density at radius 1 is 1.35 bits per heavy atom. The average molecular weight is 293 g/mol. The molecule has 20 heavy (non-hydrogen) atoms. The second kappa shape index (κ2) is 8.00. The molecule has 0 aliphatic rings. The molecule has 1 amide bonds. The zero-order valence-corrected chi connectivity index (χ0v) is 13.4. The zero-order chi connectivity index (χ0) is 15.0. The van der Waals surface area contributed by atoms with Crippen LogP contribution in [0.3, 0.4) is 0 Å². The van der Waals surface area contributed by atoms with Crippen molar-refractivity contribution in [2.24, 2.45) is 0 Å². The Labute approximate surface area is 122 Å². The third kappa shape index (κ3) is 5.69. The number of amides is 1. The fraction of sp³-hybridized carbons (Fsp3) is 0.438. The van der Waals surface area contributed by atoms with Crippen LogP contribution in [-0.4, -0.2) is 20.8 Å². The quantitative estimate of drug-likeness (QED) is 0.336. The Morgan fingerprint density at radius 3 is 2.75 bits per heavy atom. The highest BCUT2D eigenvalue weighted by molar-refractivity contribution is 6.93. The monoisotopic (exact) mass is 293 g/mol. The minimum absolute atomic E-state index is 0.422. The van der Waals surface area contributed by atoms with Crippen molar-refractivity contribution in [1.82, 2.24) is 5.32 Å². The van der Waals surface area contributed by atoms with E-state index in [2.05, 4.69) is 55.0 Å². The van der Waals surface area contributed by atoms with Crippen LogP contribution in [0.4, 0.5) is 9.18 Å². The summed E-state index contributed by atoms with van der Waals surface area (Å²) in [6, 6.07) is 8.75. The summed E-state index contributed by atoms with van der Waals surface area (Å²) in [4.78, 5) is 10.1. The predicted molar refractivity (Wildman–Crippen MR) is 85.8 cm³/mol. The van der Waals surface area contributed by atoms with Crippen molar-refractivity contribution in [2.45, 2.75) is 38.8 Å². The van der Waals surface area contributed by atoms with Crippen molar-refractivity contribution in [2.75, 3.05) is 6.54 Å². The molecule has 1 aromatic carbocycles. The van der Waals surface area contributed by atoms with Gasteiger partial charge in [0.05, 0.1) is 0 Å². The lowest BCUT2D eigenvalue weighted by atomic mass is 10.1. The second-order valence-electron chi connectivity index (χ2n) is 5.64. The van der Waals surface area contributed by atoms with Crippen molar-refractivity contribution in [1.29, 1.82) is 0 Å². The van der Waals surface area contributed by atoms with Gasteiger partial charge in [-0.3, -0.25) is 0 Å². The van der Waals surface area contributed by atoms with Crippen molar-refractivity contribution < 1.29 is 9.18 Å². The van der Waals surface area contributed by atoms with E-state index in [-0.39, 0.29) is 0 Å². The van der Waals surface area contributed by atoms with Gasteiger partial charge in [-0.15, -0.1) is 11.0 Å². The van der Waals surface area contributed by atoms with Gasteiger partial charge < -0.3 is 5.32 Å². The predicted octanol–water partition coefficient (Wildman–Crippen LogP) is 3.72. The van der Waals surface area contributed by atoms with Crippen LogP contribution in [0.15, 0.2) is 36.5 Å². The highest BCUT2D eigenvalue weighted by Gasteiger charge is 2.18. The zero-order valence-electron chi connectivity index (χ0n) is 12.4. The molecule has 4 heteroatoms. The number of aryl methyl sites for hydroxylation is 1. The Bertz CT molecular complexity index is 460. The van der Waals surface area contributed by atoms with Gasteiger partial charge in [0.15, 0.2) is 0 Å². The summed E-state index contributed by atoms with van der Waals surface area (Å²) in [6.45, 7) is 8.95. The molecule has 1 N–H and O–H groups in total. The topological polar surface area (TPSA) is 29.1 Å². The Balaban J connectivity index is 2.39. The maximum Gasteiger partial charge on any atom is 0.397 e. The lowest BCUT2D eigenvalue weighted by Crippen LogP contribution is -2.39. The normalized spacial score (nSPS) is 11.2. The highest BCUT2D eigenvalue weighted by atomic mass is 28.3. The van der Waals surface area contributed by atoms with E-state index < -0.39 is 14.2 Å². The highest BCUT2D eigenvalue weighted by Crippen LogP contribution is 2.09. The average Bonchev–Trinajstić information content (AvgIpc) is 2.42. The number of carbonyl (C=O) groups excluding carboxylic acids is 1. The first kappa shape index (κ1) is 16.6. The van der Waals surface area contributed by atoms with Gasteiger partial charge in [0.1, 0.15) is 8.07 Å².